The molecule has 0 fully saturated rings. The molecule has 4 aromatic rings. The fourth-order valence-electron chi connectivity index (χ4n) is 4.27. The summed E-state index contributed by atoms with van der Waals surface area (Å²) in [7, 11) is -4.13. The minimum Gasteiger partial charge on any atom is -0.421 e. The summed E-state index contributed by atoms with van der Waals surface area (Å²) >= 11 is 6.13. The summed E-state index contributed by atoms with van der Waals surface area (Å²) in [6.07, 6.45) is 0. The summed E-state index contributed by atoms with van der Waals surface area (Å²) in [6.45, 7) is 4.87. The van der Waals surface area contributed by atoms with E-state index in [2.05, 4.69) is 4.72 Å². The van der Waals surface area contributed by atoms with Crippen molar-refractivity contribution in [3.63, 3.8) is 0 Å². The van der Waals surface area contributed by atoms with Gasteiger partial charge in [-0.1, -0.05) is 72.3 Å². The van der Waals surface area contributed by atoms with Gasteiger partial charge < -0.3 is 9.57 Å². The third kappa shape index (κ3) is 6.22. The van der Waals surface area contributed by atoms with E-state index in [-0.39, 0.29) is 43.8 Å². The van der Waals surface area contributed by atoms with Crippen LogP contribution in [0.15, 0.2) is 108 Å². The van der Waals surface area contributed by atoms with E-state index in [0.29, 0.717) is 5.56 Å². The Morgan fingerprint density at radius 1 is 0.818 bits per heavy atom. The number of nitrogens with zero attached hydrogens (tertiary/aromatic N) is 1. The Kier molecular flexibility index (Phi) is 8.31. The number of hydroxylamine groups is 1. The minimum absolute atomic E-state index is 0.0232. The standard InChI is InChI=1S/C33H27ClN2O7S/c1-33(2,3)32(39)43-36-26-20-23(35-44(40,41)27-17-11-10-16-25(27)34)18-19-24(26)28(30(36)37)29(21-12-6-4-7-13-21)42-31(38)22-14-8-5-9-15-22/h4-20,35H,1-3H3/b29-28-. The van der Waals surface area contributed by atoms with Gasteiger partial charge in [-0.05, 0) is 63.2 Å². The van der Waals surface area contributed by atoms with Crippen molar-refractivity contribution in [3.05, 3.63) is 125 Å². The van der Waals surface area contributed by atoms with Gasteiger partial charge in [-0.15, -0.1) is 5.06 Å². The summed E-state index contributed by atoms with van der Waals surface area (Å²) in [6, 6.07) is 27.0. The molecular formula is C33H27ClN2O7S. The molecule has 1 aliphatic heterocycles. The number of hydrogen-bond acceptors (Lipinski definition) is 7. The molecule has 11 heteroatoms. The number of esters is 1. The highest BCUT2D eigenvalue weighted by atomic mass is 35.5. The summed E-state index contributed by atoms with van der Waals surface area (Å²) in [5, 5.41) is 0.806. The van der Waals surface area contributed by atoms with Crippen LogP contribution in [0, 0.1) is 5.41 Å². The smallest absolute Gasteiger partial charge is 0.343 e. The van der Waals surface area contributed by atoms with E-state index < -0.39 is 33.3 Å². The van der Waals surface area contributed by atoms with Crippen LogP contribution in [-0.4, -0.2) is 26.3 Å². The average Bonchev–Trinajstić information content (AvgIpc) is 3.26. The number of rotatable bonds is 7. The van der Waals surface area contributed by atoms with Crippen LogP contribution in [0.5, 0.6) is 0 Å². The quantitative estimate of drug-likeness (QED) is 0.137. The molecule has 0 spiro atoms. The van der Waals surface area contributed by atoms with Crippen LogP contribution in [0.2, 0.25) is 5.02 Å². The van der Waals surface area contributed by atoms with E-state index in [1.54, 1.807) is 87.5 Å². The van der Waals surface area contributed by atoms with Crippen molar-refractivity contribution in [2.75, 3.05) is 9.79 Å². The molecule has 1 N–H and O–H groups in total. The summed E-state index contributed by atoms with van der Waals surface area (Å²) in [4.78, 5) is 45.7. The van der Waals surface area contributed by atoms with Crippen LogP contribution in [-0.2, 0) is 29.2 Å². The molecule has 0 bridgehead atoms. The Morgan fingerprint density at radius 2 is 1.41 bits per heavy atom. The van der Waals surface area contributed by atoms with E-state index in [0.717, 1.165) is 5.06 Å². The van der Waals surface area contributed by atoms with E-state index in [1.165, 1.54) is 36.4 Å². The van der Waals surface area contributed by atoms with Crippen LogP contribution < -0.4 is 9.79 Å². The molecular weight excluding hydrogens is 604 g/mol. The molecule has 1 heterocycles. The number of halogens is 1. The Labute approximate surface area is 259 Å². The maximum atomic E-state index is 14.1. The van der Waals surface area contributed by atoms with Crippen molar-refractivity contribution in [3.8, 4) is 0 Å². The van der Waals surface area contributed by atoms with Gasteiger partial charge >= 0.3 is 11.9 Å². The predicted molar refractivity (Wildman–Crippen MR) is 167 cm³/mol. The summed E-state index contributed by atoms with van der Waals surface area (Å²) in [5.74, 6) is -2.28. The van der Waals surface area contributed by atoms with E-state index in [9.17, 15) is 22.8 Å². The molecule has 5 rings (SSSR count). The number of anilines is 2. The first kappa shape index (κ1) is 30.5. The van der Waals surface area contributed by atoms with Gasteiger partial charge in [0.05, 0.1) is 32.9 Å². The Hall–Kier alpha value is -4.93. The number of benzene rings is 4. The number of fused-ring (bicyclic) bond motifs is 1. The van der Waals surface area contributed by atoms with Gasteiger partial charge in [0.1, 0.15) is 4.90 Å². The second-order valence-corrected chi connectivity index (χ2v) is 12.9. The van der Waals surface area contributed by atoms with Gasteiger partial charge in [0.25, 0.3) is 15.9 Å². The van der Waals surface area contributed by atoms with Gasteiger partial charge in [-0.2, -0.15) is 0 Å². The lowest BCUT2D eigenvalue weighted by atomic mass is 9.98. The van der Waals surface area contributed by atoms with Gasteiger partial charge in [0.2, 0.25) is 0 Å². The number of ether oxygens (including phenoxy) is 1. The molecule has 0 aromatic heterocycles. The zero-order valence-corrected chi connectivity index (χ0v) is 25.5. The SMILES string of the molecule is CC(C)(C)C(=O)ON1C(=O)/C(=C(\OC(=O)c2ccccc2)c2ccccc2)c2ccc(NS(=O)(=O)c3ccccc3Cl)cc21. The van der Waals surface area contributed by atoms with Crippen LogP contribution in [0.4, 0.5) is 11.4 Å². The zero-order valence-electron chi connectivity index (χ0n) is 23.9. The largest absolute Gasteiger partial charge is 0.421 e. The monoisotopic (exact) mass is 630 g/mol. The number of sulfonamides is 1. The van der Waals surface area contributed by atoms with E-state index in [1.807, 2.05) is 0 Å². The van der Waals surface area contributed by atoms with Crippen LogP contribution >= 0.6 is 11.6 Å². The zero-order chi connectivity index (χ0) is 31.6. The van der Waals surface area contributed by atoms with Crippen molar-refractivity contribution in [1.29, 1.82) is 0 Å². The number of hydrogen-bond donors (Lipinski definition) is 1. The van der Waals surface area contributed by atoms with Crippen LogP contribution in [0.1, 0.15) is 42.3 Å². The van der Waals surface area contributed by atoms with Crippen molar-refractivity contribution in [2.24, 2.45) is 5.41 Å². The Bertz CT molecular complexity index is 1900. The van der Waals surface area contributed by atoms with Gasteiger partial charge in [-0.3, -0.25) is 9.52 Å². The molecule has 0 saturated carbocycles. The minimum atomic E-state index is -4.13. The van der Waals surface area contributed by atoms with Gasteiger partial charge in [-0.25, -0.2) is 18.0 Å². The maximum Gasteiger partial charge on any atom is 0.343 e. The van der Waals surface area contributed by atoms with E-state index >= 15 is 0 Å². The van der Waals surface area contributed by atoms with E-state index in [4.69, 9.17) is 21.2 Å². The second-order valence-electron chi connectivity index (χ2n) is 10.8. The molecule has 1 aliphatic rings. The molecule has 0 saturated heterocycles. The lowest BCUT2D eigenvalue weighted by Gasteiger charge is -2.22. The first-order chi connectivity index (χ1) is 20.9. The summed E-state index contributed by atoms with van der Waals surface area (Å²) in [5.41, 5.74) is 0.00207. The van der Waals surface area contributed by atoms with Crippen molar-refractivity contribution < 1.29 is 32.4 Å². The highest BCUT2D eigenvalue weighted by Gasteiger charge is 2.41. The molecule has 44 heavy (non-hydrogen) atoms. The third-order valence-electron chi connectivity index (χ3n) is 6.52. The topological polar surface area (TPSA) is 119 Å². The molecule has 1 amide bonds. The maximum absolute atomic E-state index is 14.1. The Morgan fingerprint density at radius 3 is 2.02 bits per heavy atom. The highest BCUT2D eigenvalue weighted by Crippen LogP contribution is 2.44. The highest BCUT2D eigenvalue weighted by molar-refractivity contribution is 7.92. The molecule has 0 atom stereocenters. The van der Waals surface area contributed by atoms with Crippen molar-refractivity contribution >= 4 is 62.2 Å². The molecule has 0 unspecified atom stereocenters. The first-order valence-electron chi connectivity index (χ1n) is 13.4. The lowest BCUT2D eigenvalue weighted by molar-refractivity contribution is -0.157. The molecule has 0 aliphatic carbocycles. The predicted octanol–water partition coefficient (Wildman–Crippen LogP) is 6.72. The fourth-order valence-corrected chi connectivity index (χ4v) is 5.84. The first-order valence-corrected chi connectivity index (χ1v) is 15.3. The normalized spacial score (nSPS) is 14.1. The number of amides is 1. The average molecular weight is 631 g/mol. The fraction of sp³-hybridized carbons (Fsp3) is 0.121. The van der Waals surface area contributed by atoms with Gasteiger partial charge in [0, 0.05) is 11.1 Å². The third-order valence-corrected chi connectivity index (χ3v) is 8.40. The molecule has 9 nitrogen and oxygen atoms in total. The summed E-state index contributed by atoms with van der Waals surface area (Å²) < 4.78 is 34.7. The van der Waals surface area contributed by atoms with Gasteiger partial charge in [0.15, 0.2) is 5.76 Å². The number of carbonyl (C=O) groups is 3. The van der Waals surface area contributed by atoms with Crippen LogP contribution in [0.25, 0.3) is 11.3 Å². The number of nitrogens with one attached hydrogen (secondary N) is 1. The van der Waals surface area contributed by atoms with Crippen molar-refractivity contribution in [1.82, 2.24) is 0 Å². The number of carbonyl (C=O) groups excluding carboxylic acids is 3. The molecule has 224 valence electrons. The van der Waals surface area contributed by atoms with Crippen LogP contribution in [0.3, 0.4) is 0 Å². The lowest BCUT2D eigenvalue weighted by Crippen LogP contribution is -2.35. The molecule has 4 aromatic carbocycles. The Balaban J connectivity index is 1.66. The second kappa shape index (κ2) is 12.0. The van der Waals surface area contributed by atoms with Crippen molar-refractivity contribution in [2.45, 2.75) is 25.7 Å². The molecule has 0 radical (unpaired) electrons.